The van der Waals surface area contributed by atoms with Crippen LogP contribution in [0.4, 0.5) is 0 Å². The van der Waals surface area contributed by atoms with Crippen molar-refractivity contribution in [1.29, 1.82) is 16.2 Å². The number of aromatic nitrogens is 2. The summed E-state index contributed by atoms with van der Waals surface area (Å²) in [4.78, 5) is 218. The number of aromatic amines is 1. The maximum Gasteiger partial charge on any atom is 0.311 e. The van der Waals surface area contributed by atoms with E-state index < -0.39 is 215 Å². The lowest BCUT2D eigenvalue weighted by molar-refractivity contribution is -0.144. The highest BCUT2D eigenvalue weighted by Crippen LogP contribution is 2.42. The number of hydrogen-bond donors (Lipinski definition) is 26. The number of nitrogens with two attached hydrogens (primary N) is 6. The number of imidazole rings is 1. The number of primary amides is 2. The van der Waals surface area contributed by atoms with E-state index in [1.807, 2.05) is 0 Å². The molecule has 0 radical (unpaired) electrons. The van der Waals surface area contributed by atoms with E-state index in [0.717, 1.165) is 14.2 Å². The fourth-order valence-electron chi connectivity index (χ4n) is 13.2. The molecule has 5 rings (SSSR count). The molecule has 2 aromatic carbocycles. The van der Waals surface area contributed by atoms with E-state index in [-0.39, 0.29) is 114 Å². The fraction of sp³-hybridized carbons (Fsp3) is 0.566. The van der Waals surface area contributed by atoms with Gasteiger partial charge < -0.3 is 134 Å². The van der Waals surface area contributed by atoms with E-state index in [2.05, 4.69) is 84.4 Å². The third kappa shape index (κ3) is 31.2. The van der Waals surface area contributed by atoms with Gasteiger partial charge in [-0.05, 0) is 98.1 Å². The van der Waals surface area contributed by atoms with Crippen molar-refractivity contribution in [1.82, 2.24) is 84.4 Å². The summed E-state index contributed by atoms with van der Waals surface area (Å²) in [5, 5.41) is 79.0. The number of methoxy groups -OCH3 is 2. The van der Waals surface area contributed by atoms with Crippen molar-refractivity contribution >= 4 is 107 Å². The molecule has 0 saturated heterocycles. The van der Waals surface area contributed by atoms with Gasteiger partial charge in [0.25, 0.3) is 0 Å². The Hall–Kier alpha value is -12.9. The van der Waals surface area contributed by atoms with Crippen molar-refractivity contribution in [3.05, 3.63) is 77.9 Å². The second-order valence-corrected chi connectivity index (χ2v) is 30.2. The lowest BCUT2D eigenvalue weighted by atomic mass is 9.96. The van der Waals surface area contributed by atoms with E-state index in [1.165, 1.54) is 61.1 Å². The van der Waals surface area contributed by atoms with Crippen molar-refractivity contribution in [3.8, 4) is 11.5 Å². The van der Waals surface area contributed by atoms with Crippen molar-refractivity contribution < 1.29 is 91.6 Å². The smallest absolute Gasteiger partial charge is 0.311 e. The number of hydrogen-bond acceptors (Lipinski definition) is 24. The van der Waals surface area contributed by atoms with Crippen LogP contribution in [0.25, 0.3) is 0 Å². The van der Waals surface area contributed by atoms with Gasteiger partial charge in [-0.25, -0.2) is 4.98 Å². The number of nitrogens with zero attached hydrogens (tertiary/aromatic N) is 1. The standard InChI is InChI=1S/C76H117N25O19/c1-9-36(5)56(98-67(112)48(30-39-19-23-42(103)24-20-39)96-64(109)49(31-40-33-86-34-90-40)94-61(106)43(77)14-11-25-87-74(80)81)70(115)97-50(32-51(78)104)65(110)95-47(28-35(3)4)66(111)99-57(37(6)10-2)71(116)101-59-53(55(59)73(118)120-8)69(114)92-45(16-13-27-89-76(84)85)63(108)100-58-52(54(58)72(117)119-7)68(113)91-44(15-12-26-88-75(82)83)62(107)93-46(60(79)105)29-38-17-21-41(102)22-18-38/h17-24,33-37,43-50,52-59,102-103H,9-16,25-32,77H2,1-8H3,(H2,78,104)(H2,79,105)(H,86,90)(H,91,113)(H,92,114)(H,93,107)(H,94,106)(H,95,110)(H,96,109)(H,97,115)(H,98,112)(H,99,111)(H,100,108)(H,101,116)(H4,80,81,87)(H4,82,83,88)(H4,84,85,89)/t36-,37-,43-,44-,45-,46-,47-,48-,49-,50-,52+,53-,54+,55-,56-,57-,58+,59-/m0/s1. The molecular weight excluding hydrogens is 1570 g/mol. The van der Waals surface area contributed by atoms with Gasteiger partial charge in [0.05, 0.1) is 74.5 Å². The zero-order valence-corrected chi connectivity index (χ0v) is 68.3. The SMILES string of the molecule is CC[C@H](C)[C@H](NC(=O)[C@H](CC(C)C)NC(=O)[C@H](CC(N)=O)NC(=O)[C@@H](NC(=O)[C@H](Cc1ccc(O)cc1)NC(=O)[C@H](Cc1c[nH]cn1)NC(=O)[C@@H](N)CCCNC(=N)N)[C@@H](C)CC)C(=O)N[C@H]1[C@@H](C(=O)N[C@@H](CCCNC(=N)N)C(=O)N[C@@H]2[C@H](C(=O)N[C@@H](CCCNC(=N)N)C(=O)N[C@@H](Cc3ccc(O)cc3)C(N)=O)[C@H]2C(=O)OC)[C@@H]1C(=O)OC. The molecule has 44 heteroatoms. The largest absolute Gasteiger partial charge is 0.508 e. The van der Waals surface area contributed by atoms with Crippen molar-refractivity contribution in [2.75, 3.05) is 33.9 Å². The molecule has 2 aliphatic carbocycles. The molecule has 2 saturated carbocycles. The van der Waals surface area contributed by atoms with Gasteiger partial charge in [-0.1, -0.05) is 78.6 Å². The van der Waals surface area contributed by atoms with Gasteiger partial charge in [0, 0.05) is 45.1 Å². The number of nitrogens with one attached hydrogen (secondary N) is 18. The molecule has 3 aromatic rings. The Morgan fingerprint density at radius 2 is 0.842 bits per heavy atom. The predicted molar refractivity (Wildman–Crippen MR) is 432 cm³/mol. The van der Waals surface area contributed by atoms with Crippen LogP contribution in [-0.4, -0.2) is 233 Å². The van der Waals surface area contributed by atoms with Crippen molar-refractivity contribution in [2.45, 2.75) is 198 Å². The molecule has 2 aliphatic rings. The van der Waals surface area contributed by atoms with E-state index in [4.69, 9.17) is 60.1 Å². The van der Waals surface area contributed by atoms with E-state index in [1.54, 1.807) is 41.5 Å². The Bertz CT molecular complexity index is 4100. The van der Waals surface area contributed by atoms with Gasteiger partial charge in [0.15, 0.2) is 17.9 Å². The quantitative estimate of drug-likeness (QED) is 0.0108. The summed E-state index contributed by atoms with van der Waals surface area (Å²) in [6.45, 7) is 10.2. The molecule has 1 aromatic heterocycles. The zero-order valence-electron chi connectivity index (χ0n) is 68.3. The van der Waals surface area contributed by atoms with Crippen LogP contribution in [-0.2, 0) is 101 Å². The highest BCUT2D eigenvalue weighted by molar-refractivity contribution is 6.02. The first-order valence-corrected chi connectivity index (χ1v) is 39.3. The molecule has 120 heavy (non-hydrogen) atoms. The highest BCUT2D eigenvalue weighted by Gasteiger charge is 2.63. The van der Waals surface area contributed by atoms with Gasteiger partial charge in [-0.2, -0.15) is 0 Å². The second-order valence-electron chi connectivity index (χ2n) is 30.2. The number of aromatic hydroxyl groups is 2. The van der Waals surface area contributed by atoms with Crippen LogP contribution in [0.2, 0.25) is 0 Å². The molecular formula is C76H117N25O19. The van der Waals surface area contributed by atoms with Gasteiger partial charge in [0.2, 0.25) is 76.8 Å². The molecule has 13 amide bonds. The monoisotopic (exact) mass is 1680 g/mol. The lowest BCUT2D eigenvalue weighted by Gasteiger charge is -2.30. The van der Waals surface area contributed by atoms with Crippen LogP contribution >= 0.6 is 0 Å². The summed E-state index contributed by atoms with van der Waals surface area (Å²) in [6, 6.07) is -6.04. The number of phenolic OH excluding ortho intramolecular Hbond substituents is 2. The summed E-state index contributed by atoms with van der Waals surface area (Å²) in [5.41, 5.74) is 35.1. The lowest BCUT2D eigenvalue weighted by Crippen LogP contribution is -2.62. The number of carbonyl (C=O) groups excluding carboxylic acids is 15. The van der Waals surface area contributed by atoms with Crippen LogP contribution in [0.15, 0.2) is 61.1 Å². The Kier molecular flexibility index (Phi) is 38.6. The first kappa shape index (κ1) is 97.6. The number of esters is 2. The Morgan fingerprint density at radius 3 is 1.27 bits per heavy atom. The zero-order chi connectivity index (χ0) is 89.4. The predicted octanol–water partition coefficient (Wildman–Crippen LogP) is -6.36. The first-order valence-electron chi connectivity index (χ1n) is 39.3. The van der Waals surface area contributed by atoms with E-state index in [0.29, 0.717) is 23.2 Å². The summed E-state index contributed by atoms with van der Waals surface area (Å²) >= 11 is 0. The summed E-state index contributed by atoms with van der Waals surface area (Å²) in [7, 11) is 2.05. The highest BCUT2D eigenvalue weighted by atomic mass is 16.5. The third-order valence-corrected chi connectivity index (χ3v) is 20.4. The first-order chi connectivity index (χ1) is 56.7. The molecule has 2 fully saturated rings. The molecule has 32 N–H and O–H groups in total. The van der Waals surface area contributed by atoms with E-state index in [9.17, 15) is 82.1 Å². The molecule has 660 valence electrons. The molecule has 1 heterocycles. The van der Waals surface area contributed by atoms with Gasteiger partial charge >= 0.3 is 11.9 Å². The van der Waals surface area contributed by atoms with E-state index >= 15 is 0 Å². The number of ether oxygens (including phenoxy) is 2. The molecule has 0 unspecified atom stereocenters. The number of H-pyrrole nitrogens is 1. The number of amides is 13. The topological polar surface area (TPSA) is 740 Å². The average molecular weight is 1680 g/mol. The van der Waals surface area contributed by atoms with Crippen LogP contribution in [0.5, 0.6) is 11.5 Å². The minimum absolute atomic E-state index is 0.0186. The van der Waals surface area contributed by atoms with Crippen LogP contribution in [0, 0.1) is 57.7 Å². The third-order valence-electron chi connectivity index (χ3n) is 20.4. The Labute approximate surface area is 692 Å². The minimum Gasteiger partial charge on any atom is -0.508 e. The Balaban J connectivity index is 1.35. The number of guanidine groups is 3. The molecule has 44 nitrogen and oxygen atoms in total. The molecule has 0 aliphatic heterocycles. The second kappa shape index (κ2) is 47.5. The van der Waals surface area contributed by atoms with Crippen LogP contribution in [0.1, 0.15) is 123 Å². The summed E-state index contributed by atoms with van der Waals surface area (Å²) < 4.78 is 10.0. The summed E-state index contributed by atoms with van der Waals surface area (Å²) in [6.07, 6.45) is 1.93. The maximum atomic E-state index is 14.7. The number of benzene rings is 2. The van der Waals surface area contributed by atoms with Gasteiger partial charge in [-0.3, -0.25) is 88.1 Å². The van der Waals surface area contributed by atoms with Crippen molar-refractivity contribution in [3.63, 3.8) is 0 Å². The normalized spacial score (nSPS) is 18.6. The van der Waals surface area contributed by atoms with Crippen LogP contribution in [0.3, 0.4) is 0 Å². The van der Waals surface area contributed by atoms with Crippen molar-refractivity contribution in [2.24, 2.45) is 75.8 Å². The molecule has 0 spiro atoms. The minimum atomic E-state index is -1.83. The number of carbonyl (C=O) groups is 15. The average Bonchev–Trinajstić information content (AvgIpc) is 1.59. The van der Waals surface area contributed by atoms with Gasteiger partial charge in [-0.15, -0.1) is 0 Å². The fourth-order valence-corrected chi connectivity index (χ4v) is 13.2. The van der Waals surface area contributed by atoms with Gasteiger partial charge in [0.1, 0.15) is 65.9 Å². The number of phenols is 2. The maximum absolute atomic E-state index is 14.7. The summed E-state index contributed by atoms with van der Waals surface area (Å²) in [5.74, 6) is -23.1. The molecule has 18 atom stereocenters. The Morgan fingerprint density at radius 1 is 0.458 bits per heavy atom. The number of rotatable bonds is 51. The van der Waals surface area contributed by atoms with Crippen LogP contribution < -0.4 is 109 Å². The molecule has 0 bridgehead atoms.